The predicted molar refractivity (Wildman–Crippen MR) is 91.1 cm³/mol. The molecule has 0 unspecified atom stereocenters. The zero-order valence-corrected chi connectivity index (χ0v) is 13.0. The maximum Gasteiger partial charge on any atom is 0.257 e. The van der Waals surface area contributed by atoms with Crippen LogP contribution in [-0.4, -0.2) is 5.91 Å². The van der Waals surface area contributed by atoms with Crippen LogP contribution >= 0.6 is 11.6 Å². The Bertz CT molecular complexity index is 744. The number of benzene rings is 2. The average Bonchev–Trinajstić information content (AvgIpc) is 2.53. The number of rotatable bonds is 3. The highest BCUT2D eigenvalue weighted by Crippen LogP contribution is 2.43. The number of hydrogen-bond donors (Lipinski definition) is 0. The minimum atomic E-state index is -0.0922. The van der Waals surface area contributed by atoms with Crippen LogP contribution in [0.3, 0.4) is 0 Å². The van der Waals surface area contributed by atoms with Crippen molar-refractivity contribution in [2.24, 2.45) is 0 Å². The Kier molecular flexibility index (Phi) is 3.86. The van der Waals surface area contributed by atoms with E-state index >= 15 is 0 Å². The smallest absolute Gasteiger partial charge is 0.257 e. The number of aryl methyl sites for hydroxylation is 1. The van der Waals surface area contributed by atoms with Crippen molar-refractivity contribution in [1.29, 1.82) is 0 Å². The van der Waals surface area contributed by atoms with Gasteiger partial charge in [-0.15, -0.1) is 0 Å². The van der Waals surface area contributed by atoms with Gasteiger partial charge in [0.15, 0.2) is 0 Å². The van der Waals surface area contributed by atoms with Gasteiger partial charge in [-0.2, -0.15) is 0 Å². The summed E-state index contributed by atoms with van der Waals surface area (Å²) >= 11 is 5.96. The first kappa shape index (κ1) is 14.6. The number of carbonyl (C=O) groups is 1. The van der Waals surface area contributed by atoms with E-state index in [1.807, 2.05) is 55.5 Å². The van der Waals surface area contributed by atoms with Crippen molar-refractivity contribution in [3.8, 4) is 0 Å². The fraction of sp³-hybridized carbons (Fsp3) is 0.105. The lowest BCUT2D eigenvalue weighted by atomic mass is 9.87. The fourth-order valence-corrected chi connectivity index (χ4v) is 2.81. The van der Waals surface area contributed by atoms with Gasteiger partial charge < -0.3 is 0 Å². The molecule has 0 N–H and O–H groups in total. The molecule has 1 heterocycles. The van der Waals surface area contributed by atoms with Crippen LogP contribution in [0.1, 0.15) is 17.2 Å². The molecule has 3 rings (SSSR count). The first-order valence-electron chi connectivity index (χ1n) is 7.10. The monoisotopic (exact) mass is 309 g/mol. The van der Waals surface area contributed by atoms with E-state index in [1.165, 1.54) is 5.56 Å². The standard InChI is InChI=1S/C19H16ClNO/c1-3-4-17-18(14-7-9-15(20)10-8-14)21(19(17)22)16-11-5-13(2)6-12-16/h3-12,18H,1H2,2H3/b17-4+/t18-/m1/s1. The molecule has 0 radical (unpaired) electrons. The topological polar surface area (TPSA) is 20.3 Å². The molecule has 1 aliphatic heterocycles. The molecule has 3 heteroatoms. The van der Waals surface area contributed by atoms with Crippen LogP contribution < -0.4 is 4.90 Å². The van der Waals surface area contributed by atoms with Crippen LogP contribution in [0.2, 0.25) is 5.02 Å². The van der Waals surface area contributed by atoms with Gasteiger partial charge >= 0.3 is 0 Å². The predicted octanol–water partition coefficient (Wildman–Crippen LogP) is 4.85. The number of halogens is 1. The normalized spacial score (nSPS) is 19.2. The fourth-order valence-electron chi connectivity index (χ4n) is 2.68. The summed E-state index contributed by atoms with van der Waals surface area (Å²) in [6, 6.07) is 15.5. The van der Waals surface area contributed by atoms with Crippen LogP contribution in [0, 0.1) is 6.92 Å². The van der Waals surface area contributed by atoms with Crippen molar-refractivity contribution < 1.29 is 4.79 Å². The third kappa shape index (κ3) is 2.46. The number of allylic oxidation sites excluding steroid dienone is 2. The summed E-state index contributed by atoms with van der Waals surface area (Å²) in [7, 11) is 0. The van der Waals surface area contributed by atoms with Crippen LogP contribution in [-0.2, 0) is 4.79 Å². The van der Waals surface area contributed by atoms with Gasteiger partial charge in [0.25, 0.3) is 5.91 Å². The van der Waals surface area contributed by atoms with E-state index < -0.39 is 0 Å². The van der Waals surface area contributed by atoms with E-state index in [-0.39, 0.29) is 11.9 Å². The number of β-lactam (4-membered cyclic amide) rings is 1. The lowest BCUT2D eigenvalue weighted by Gasteiger charge is -2.43. The molecule has 0 bridgehead atoms. The van der Waals surface area contributed by atoms with Crippen molar-refractivity contribution >= 4 is 23.2 Å². The second kappa shape index (κ2) is 5.82. The second-order valence-electron chi connectivity index (χ2n) is 5.32. The molecule has 0 spiro atoms. The first-order chi connectivity index (χ1) is 10.6. The molecule has 1 amide bonds. The van der Waals surface area contributed by atoms with Crippen LogP contribution in [0.4, 0.5) is 5.69 Å². The van der Waals surface area contributed by atoms with Gasteiger partial charge in [-0.05, 0) is 36.8 Å². The summed E-state index contributed by atoms with van der Waals surface area (Å²) in [5.41, 5.74) is 3.86. The molecule has 1 aliphatic rings. The second-order valence-corrected chi connectivity index (χ2v) is 5.76. The molecule has 2 aromatic rings. The van der Waals surface area contributed by atoms with Crippen molar-refractivity contribution in [3.63, 3.8) is 0 Å². The lowest BCUT2D eigenvalue weighted by Crippen LogP contribution is -2.49. The Balaban J connectivity index is 2.03. The van der Waals surface area contributed by atoms with Gasteiger partial charge in [0.05, 0.1) is 6.04 Å². The van der Waals surface area contributed by atoms with Gasteiger partial charge in [0, 0.05) is 16.3 Å². The molecular weight excluding hydrogens is 294 g/mol. The highest BCUT2D eigenvalue weighted by Gasteiger charge is 2.43. The van der Waals surface area contributed by atoms with E-state index in [9.17, 15) is 4.79 Å². The van der Waals surface area contributed by atoms with E-state index in [2.05, 4.69) is 6.58 Å². The molecule has 1 atom stereocenters. The maximum atomic E-state index is 12.5. The summed E-state index contributed by atoms with van der Waals surface area (Å²) in [6.45, 7) is 5.73. The van der Waals surface area contributed by atoms with Crippen molar-refractivity contribution in [2.45, 2.75) is 13.0 Å². The van der Waals surface area contributed by atoms with Gasteiger partial charge in [-0.3, -0.25) is 9.69 Å². The summed E-state index contributed by atoms with van der Waals surface area (Å²) in [5, 5.41) is 0.686. The van der Waals surface area contributed by atoms with E-state index in [0.717, 1.165) is 16.8 Å². The zero-order chi connectivity index (χ0) is 15.7. The number of carbonyl (C=O) groups excluding carboxylic acids is 1. The number of amides is 1. The number of hydrogen-bond acceptors (Lipinski definition) is 1. The molecule has 0 aliphatic carbocycles. The maximum absolute atomic E-state index is 12.5. The Morgan fingerprint density at radius 3 is 2.32 bits per heavy atom. The highest BCUT2D eigenvalue weighted by molar-refractivity contribution is 6.30. The highest BCUT2D eigenvalue weighted by atomic mass is 35.5. The summed E-state index contributed by atoms with van der Waals surface area (Å²) in [6.07, 6.45) is 3.44. The minimum absolute atomic E-state index is 0.0173. The summed E-state index contributed by atoms with van der Waals surface area (Å²) in [5.74, 6) is 0.0173. The van der Waals surface area contributed by atoms with Gasteiger partial charge in [0.2, 0.25) is 0 Å². The molecule has 2 aromatic carbocycles. The lowest BCUT2D eigenvalue weighted by molar-refractivity contribution is -0.119. The molecule has 0 aromatic heterocycles. The van der Waals surface area contributed by atoms with Crippen LogP contribution in [0.25, 0.3) is 0 Å². The molecule has 1 saturated heterocycles. The quantitative estimate of drug-likeness (QED) is 0.586. The summed E-state index contributed by atoms with van der Waals surface area (Å²) in [4.78, 5) is 14.3. The number of nitrogens with zero attached hydrogens (tertiary/aromatic N) is 1. The van der Waals surface area contributed by atoms with Crippen molar-refractivity contribution in [3.05, 3.63) is 89.0 Å². The Labute approximate surface area is 135 Å². The largest absolute Gasteiger partial charge is 0.297 e. The molecule has 1 fully saturated rings. The van der Waals surface area contributed by atoms with Crippen LogP contribution in [0.5, 0.6) is 0 Å². The summed E-state index contributed by atoms with van der Waals surface area (Å²) < 4.78 is 0. The number of anilines is 1. The molecular formula is C19H16ClNO. The molecule has 2 nitrogen and oxygen atoms in total. The van der Waals surface area contributed by atoms with Crippen LogP contribution in [0.15, 0.2) is 72.8 Å². The average molecular weight is 310 g/mol. The van der Waals surface area contributed by atoms with E-state index in [4.69, 9.17) is 11.6 Å². The third-order valence-electron chi connectivity index (χ3n) is 3.81. The Morgan fingerprint density at radius 1 is 1.09 bits per heavy atom. The van der Waals surface area contributed by atoms with Crippen molar-refractivity contribution in [1.82, 2.24) is 0 Å². The third-order valence-corrected chi connectivity index (χ3v) is 4.07. The molecule has 22 heavy (non-hydrogen) atoms. The van der Waals surface area contributed by atoms with Gasteiger partial charge in [0.1, 0.15) is 0 Å². The van der Waals surface area contributed by atoms with Gasteiger partial charge in [-0.25, -0.2) is 0 Å². The molecule has 0 saturated carbocycles. The zero-order valence-electron chi connectivity index (χ0n) is 12.3. The SMILES string of the molecule is C=C/C=C1/C(=O)N(c2ccc(C)cc2)[C@@H]1c1ccc(Cl)cc1. The minimum Gasteiger partial charge on any atom is -0.297 e. The van der Waals surface area contributed by atoms with E-state index in [1.54, 1.807) is 17.1 Å². The van der Waals surface area contributed by atoms with Crippen molar-refractivity contribution in [2.75, 3.05) is 4.90 Å². The molecule has 110 valence electrons. The Hall–Kier alpha value is -2.32. The van der Waals surface area contributed by atoms with E-state index in [0.29, 0.717) is 5.02 Å². The Morgan fingerprint density at radius 2 is 1.73 bits per heavy atom. The van der Waals surface area contributed by atoms with Gasteiger partial charge in [-0.1, -0.05) is 60.2 Å². The first-order valence-corrected chi connectivity index (χ1v) is 7.48.